The molecule has 2 N–H and O–H groups in total. The van der Waals surface area contributed by atoms with Crippen LogP contribution in [0.3, 0.4) is 0 Å². The molecular weight excluding hydrogens is 362 g/mol. The van der Waals surface area contributed by atoms with E-state index in [2.05, 4.69) is 55.5 Å². The first-order valence-electron chi connectivity index (χ1n) is 9.26. The monoisotopic (exact) mass is 377 g/mol. The molecule has 6 rings (SSSR count). The maximum absolute atomic E-state index is 5.24. The predicted octanol–water partition coefficient (Wildman–Crippen LogP) is 5.43. The summed E-state index contributed by atoms with van der Waals surface area (Å²) in [6, 6.07) is 16.3. The molecule has 0 unspecified atom stereocenters. The number of aromatic nitrogens is 5. The number of furan rings is 1. The summed E-state index contributed by atoms with van der Waals surface area (Å²) >= 11 is 0. The van der Waals surface area contributed by atoms with E-state index in [1.807, 2.05) is 24.4 Å². The second-order valence-electron chi connectivity index (χ2n) is 6.89. The first-order valence-corrected chi connectivity index (χ1v) is 9.26. The van der Waals surface area contributed by atoms with Crippen molar-refractivity contribution in [1.29, 1.82) is 0 Å². The molecule has 0 aliphatic rings. The van der Waals surface area contributed by atoms with Gasteiger partial charge in [0.05, 0.1) is 29.4 Å². The minimum atomic E-state index is 0.875. The minimum Gasteiger partial charge on any atom is -0.472 e. The Morgan fingerprint density at radius 2 is 1.76 bits per heavy atom. The van der Waals surface area contributed by atoms with Gasteiger partial charge in [-0.2, -0.15) is 5.10 Å². The molecule has 6 nitrogen and oxygen atoms in total. The Labute approximate surface area is 165 Å². The summed E-state index contributed by atoms with van der Waals surface area (Å²) in [5.41, 5.74) is 7.81. The molecule has 0 saturated heterocycles. The Morgan fingerprint density at radius 1 is 0.793 bits per heavy atom. The molecule has 0 amide bonds. The highest BCUT2D eigenvalue weighted by Gasteiger charge is 2.15. The van der Waals surface area contributed by atoms with E-state index in [1.54, 1.807) is 24.9 Å². The van der Waals surface area contributed by atoms with Gasteiger partial charge < -0.3 is 9.40 Å². The predicted molar refractivity (Wildman–Crippen MR) is 112 cm³/mol. The minimum absolute atomic E-state index is 0.875. The van der Waals surface area contributed by atoms with Crippen LogP contribution in [0.15, 0.2) is 84.1 Å². The lowest BCUT2D eigenvalue weighted by Gasteiger charge is -2.01. The van der Waals surface area contributed by atoms with Gasteiger partial charge in [-0.25, -0.2) is 0 Å². The van der Waals surface area contributed by atoms with Gasteiger partial charge >= 0.3 is 0 Å². The van der Waals surface area contributed by atoms with Crippen LogP contribution in [0.4, 0.5) is 0 Å². The van der Waals surface area contributed by atoms with Gasteiger partial charge in [0, 0.05) is 46.0 Å². The average Bonchev–Trinajstić information content (AvgIpc) is 3.52. The molecule has 0 saturated carbocycles. The summed E-state index contributed by atoms with van der Waals surface area (Å²) in [4.78, 5) is 12.3. The van der Waals surface area contributed by atoms with Crippen molar-refractivity contribution < 1.29 is 4.42 Å². The molecule has 0 spiro atoms. The summed E-state index contributed by atoms with van der Waals surface area (Å²) in [5.74, 6) is 0. The molecule has 0 aliphatic carbocycles. The van der Waals surface area contributed by atoms with E-state index in [9.17, 15) is 0 Å². The first-order chi connectivity index (χ1) is 14.4. The Balaban J connectivity index is 1.53. The van der Waals surface area contributed by atoms with Crippen LogP contribution in [0.5, 0.6) is 0 Å². The second-order valence-corrected chi connectivity index (χ2v) is 6.89. The van der Waals surface area contributed by atoms with Gasteiger partial charge in [0.15, 0.2) is 0 Å². The standard InChI is InChI=1S/C23H15N5O/c1-2-15(12-24-7-1)14-3-4-20-17(10-14)23(28-27-20)21-11-18-19(26-21)5-8-25-22(18)16-6-9-29-13-16/h1-13,26H,(H,27,28). The molecular formula is C23H15N5O. The topological polar surface area (TPSA) is 83.4 Å². The van der Waals surface area contributed by atoms with Crippen LogP contribution in [0, 0.1) is 0 Å². The van der Waals surface area contributed by atoms with Crippen molar-refractivity contribution in [1.82, 2.24) is 25.1 Å². The Hall–Kier alpha value is -4.19. The molecule has 6 aromatic rings. The largest absolute Gasteiger partial charge is 0.472 e. The fraction of sp³-hybridized carbons (Fsp3) is 0. The summed E-state index contributed by atoms with van der Waals surface area (Å²) in [7, 11) is 0. The third kappa shape index (κ3) is 2.54. The maximum Gasteiger partial charge on any atom is 0.116 e. The van der Waals surface area contributed by atoms with E-state index in [1.165, 1.54) is 0 Å². The highest BCUT2D eigenvalue weighted by Crippen LogP contribution is 2.34. The molecule has 0 radical (unpaired) electrons. The summed E-state index contributed by atoms with van der Waals surface area (Å²) < 4.78 is 5.24. The van der Waals surface area contributed by atoms with Crippen LogP contribution in [0.1, 0.15) is 0 Å². The second kappa shape index (κ2) is 6.17. The van der Waals surface area contributed by atoms with E-state index in [4.69, 9.17) is 4.42 Å². The molecule has 0 aliphatic heterocycles. The lowest BCUT2D eigenvalue weighted by atomic mass is 10.0. The van der Waals surface area contributed by atoms with Crippen LogP contribution < -0.4 is 0 Å². The molecule has 0 bridgehead atoms. The fourth-order valence-electron chi connectivity index (χ4n) is 3.74. The number of H-pyrrole nitrogens is 2. The molecule has 29 heavy (non-hydrogen) atoms. The highest BCUT2D eigenvalue weighted by molar-refractivity contribution is 6.00. The number of aromatic amines is 2. The van der Waals surface area contributed by atoms with Gasteiger partial charge in [-0.15, -0.1) is 0 Å². The number of fused-ring (bicyclic) bond motifs is 2. The number of hydrogen-bond donors (Lipinski definition) is 2. The van der Waals surface area contributed by atoms with Crippen LogP contribution in [-0.2, 0) is 0 Å². The summed E-state index contributed by atoms with van der Waals surface area (Å²) in [6.07, 6.45) is 8.81. The van der Waals surface area contributed by atoms with Gasteiger partial charge in [-0.05, 0) is 42.0 Å². The molecule has 0 atom stereocenters. The van der Waals surface area contributed by atoms with Crippen LogP contribution in [0.25, 0.3) is 55.6 Å². The number of benzene rings is 1. The van der Waals surface area contributed by atoms with Gasteiger partial charge in [0.1, 0.15) is 5.69 Å². The quantitative estimate of drug-likeness (QED) is 0.431. The number of hydrogen-bond acceptors (Lipinski definition) is 4. The van der Waals surface area contributed by atoms with Gasteiger partial charge in [0.2, 0.25) is 0 Å². The number of nitrogens with zero attached hydrogens (tertiary/aromatic N) is 3. The third-order valence-corrected chi connectivity index (χ3v) is 5.16. The van der Waals surface area contributed by atoms with Crippen LogP contribution >= 0.6 is 0 Å². The lowest BCUT2D eigenvalue weighted by molar-refractivity contribution is 0.568. The van der Waals surface area contributed by atoms with E-state index in [0.717, 1.165) is 55.6 Å². The zero-order valence-electron chi connectivity index (χ0n) is 15.3. The highest BCUT2D eigenvalue weighted by atomic mass is 16.3. The van der Waals surface area contributed by atoms with Crippen LogP contribution in [-0.4, -0.2) is 25.1 Å². The van der Waals surface area contributed by atoms with Crippen molar-refractivity contribution in [3.8, 4) is 33.8 Å². The van der Waals surface area contributed by atoms with Gasteiger partial charge in [0.25, 0.3) is 0 Å². The number of rotatable bonds is 3. The van der Waals surface area contributed by atoms with Crippen LogP contribution in [0.2, 0.25) is 0 Å². The van der Waals surface area contributed by atoms with Crippen molar-refractivity contribution in [3.63, 3.8) is 0 Å². The zero-order valence-corrected chi connectivity index (χ0v) is 15.3. The molecule has 138 valence electrons. The van der Waals surface area contributed by atoms with Crippen molar-refractivity contribution in [2.75, 3.05) is 0 Å². The fourth-order valence-corrected chi connectivity index (χ4v) is 3.74. The lowest BCUT2D eigenvalue weighted by Crippen LogP contribution is -1.81. The van der Waals surface area contributed by atoms with E-state index in [0.29, 0.717) is 0 Å². The van der Waals surface area contributed by atoms with Crippen molar-refractivity contribution >= 4 is 21.8 Å². The molecule has 5 aromatic heterocycles. The summed E-state index contributed by atoms with van der Waals surface area (Å²) in [6.45, 7) is 0. The molecule has 0 fully saturated rings. The Bertz CT molecular complexity index is 1450. The summed E-state index contributed by atoms with van der Waals surface area (Å²) in [5, 5.41) is 9.80. The van der Waals surface area contributed by atoms with E-state index < -0.39 is 0 Å². The van der Waals surface area contributed by atoms with Crippen molar-refractivity contribution in [2.45, 2.75) is 0 Å². The van der Waals surface area contributed by atoms with Gasteiger partial charge in [-0.1, -0.05) is 12.1 Å². The average molecular weight is 377 g/mol. The SMILES string of the molecule is c1cncc(-c2ccc3[nH]nc(-c4cc5c(-c6ccoc6)nccc5[nH]4)c3c2)c1. The van der Waals surface area contributed by atoms with E-state index in [-0.39, 0.29) is 0 Å². The normalized spacial score (nSPS) is 11.4. The molecule has 6 heteroatoms. The Morgan fingerprint density at radius 3 is 2.62 bits per heavy atom. The maximum atomic E-state index is 5.24. The third-order valence-electron chi connectivity index (χ3n) is 5.16. The Kier molecular flexibility index (Phi) is 3.37. The van der Waals surface area contributed by atoms with Crippen molar-refractivity contribution in [2.24, 2.45) is 0 Å². The smallest absolute Gasteiger partial charge is 0.116 e. The number of nitrogens with one attached hydrogen (secondary N) is 2. The van der Waals surface area contributed by atoms with Crippen molar-refractivity contribution in [3.05, 3.63) is 79.6 Å². The zero-order chi connectivity index (χ0) is 19.2. The number of pyridine rings is 2. The van der Waals surface area contributed by atoms with E-state index >= 15 is 0 Å². The first kappa shape index (κ1) is 15.8. The molecule has 5 heterocycles. The van der Waals surface area contributed by atoms with Gasteiger partial charge in [-0.3, -0.25) is 15.1 Å². The molecule has 1 aromatic carbocycles.